The van der Waals surface area contributed by atoms with Crippen molar-refractivity contribution in [2.45, 2.75) is 99.8 Å². The van der Waals surface area contributed by atoms with E-state index in [1.54, 1.807) is 44.1 Å². The molecule has 4 N–H and O–H groups in total. The van der Waals surface area contributed by atoms with E-state index >= 15 is 0 Å². The monoisotopic (exact) mass is 1070 g/mol. The zero-order valence-corrected chi connectivity index (χ0v) is 45.5. The topological polar surface area (TPSA) is 233 Å². The molecule has 0 saturated carbocycles. The van der Waals surface area contributed by atoms with E-state index in [4.69, 9.17) is 17.3 Å². The lowest BCUT2D eigenvalue weighted by atomic mass is 10.1. The third-order valence-corrected chi connectivity index (χ3v) is 11.5. The number of pyridine rings is 3. The lowest BCUT2D eigenvalue weighted by Gasteiger charge is -2.13. The Morgan fingerprint density at radius 2 is 1.06 bits per heavy atom. The molecule has 0 atom stereocenters. The number of nitrogens with zero attached hydrogens (tertiary/aromatic N) is 11. The summed E-state index contributed by atoms with van der Waals surface area (Å²) < 4.78 is 1.45. The number of halogens is 1. The number of benzene rings is 3. The molecule has 0 unspecified atom stereocenters. The smallest absolute Gasteiger partial charge is 0.248 e. The predicted octanol–water partition coefficient (Wildman–Crippen LogP) is 11.6. The van der Waals surface area contributed by atoms with Gasteiger partial charge in [0, 0.05) is 86.0 Å². The number of carbonyl (C=O) groups excluding carboxylic acids is 3. The maximum Gasteiger partial charge on any atom is 0.248 e. The third-order valence-electron chi connectivity index (χ3n) is 11.2. The molecule has 9 aromatic rings. The van der Waals surface area contributed by atoms with Gasteiger partial charge in [-0.2, -0.15) is 14.8 Å². The first-order valence-electron chi connectivity index (χ1n) is 25.9. The van der Waals surface area contributed by atoms with Crippen LogP contribution in [0.3, 0.4) is 0 Å². The Morgan fingerprint density at radius 3 is 1.49 bits per heavy atom. The highest BCUT2D eigenvalue weighted by molar-refractivity contribution is 6.63. The standard InChI is InChI=1S/C19H20N4O.C16H16N4.C8H8O.C7H7N5.C6H15N.C3H5ClO.CH4/c1-2-18(24)23-17(12-6-10-15-8-4-3-5-9-15)21-19(22-23)16-11-7-13-20-14-16;1-2-6-13(7-3-1)8-4-10-15-18-16(20-19-15)14-9-5-11-17-12-14;9-7-6-8-4-2-1-3-5-8;8-7-10-6(11-12-7)5-2-1-3-9-4-5;1-4-7(5-2)6-3;1-2-3(4)5;/h3-5,7-9,11,13-14H,2,6,10,12H2,1H3;1-3,5-7,9,11-12H,4,8,10H2,(H,18,19,20);1-5,7H,6H2;1-4H,(H3,8,10,11,12);4-6H2,1-3H3;2H2,1H3;1H4. The van der Waals surface area contributed by atoms with Gasteiger partial charge >= 0.3 is 0 Å². The molecule has 0 bridgehead atoms. The van der Waals surface area contributed by atoms with Gasteiger partial charge in [0.1, 0.15) is 17.9 Å². The number of rotatable bonds is 18. The van der Waals surface area contributed by atoms with E-state index in [2.05, 4.69) is 117 Å². The lowest BCUT2D eigenvalue weighted by molar-refractivity contribution is -0.111. The fourth-order valence-electron chi connectivity index (χ4n) is 6.99. The summed E-state index contributed by atoms with van der Waals surface area (Å²) in [6.45, 7) is 13.7. The summed E-state index contributed by atoms with van der Waals surface area (Å²) >= 11 is 4.82. The Hall–Kier alpha value is -8.41. The van der Waals surface area contributed by atoms with Gasteiger partial charge in [-0.1, -0.05) is 133 Å². The number of aryl methyl sites for hydroxylation is 4. The van der Waals surface area contributed by atoms with E-state index in [1.807, 2.05) is 97.9 Å². The molecule has 0 fully saturated rings. The average molecular weight is 1080 g/mol. The van der Waals surface area contributed by atoms with Crippen molar-refractivity contribution in [1.29, 1.82) is 0 Å². The van der Waals surface area contributed by atoms with Gasteiger partial charge in [0.15, 0.2) is 17.5 Å². The summed E-state index contributed by atoms with van der Waals surface area (Å²) in [5.74, 6) is 3.77. The summed E-state index contributed by atoms with van der Waals surface area (Å²) in [6.07, 6.45) is 18.2. The summed E-state index contributed by atoms with van der Waals surface area (Å²) in [5, 5.41) is 17.8. The number of aromatic nitrogens is 12. The van der Waals surface area contributed by atoms with Gasteiger partial charge in [-0.25, -0.2) is 9.97 Å². The zero-order valence-electron chi connectivity index (χ0n) is 44.8. The highest BCUT2D eigenvalue weighted by Crippen LogP contribution is 2.17. The maximum atomic E-state index is 12.2. The molecule has 6 heterocycles. The largest absolute Gasteiger partial charge is 0.366 e. The number of anilines is 1. The van der Waals surface area contributed by atoms with E-state index in [0.29, 0.717) is 43.2 Å². The van der Waals surface area contributed by atoms with Crippen LogP contribution in [0.15, 0.2) is 165 Å². The van der Waals surface area contributed by atoms with Crippen LogP contribution in [-0.4, -0.2) is 102 Å². The maximum absolute atomic E-state index is 12.2. The number of aldehydes is 1. The first-order valence-corrected chi connectivity index (χ1v) is 26.2. The summed E-state index contributed by atoms with van der Waals surface area (Å²) in [7, 11) is 0. The first-order chi connectivity index (χ1) is 37.6. The van der Waals surface area contributed by atoms with Crippen molar-refractivity contribution in [3.8, 4) is 34.2 Å². The van der Waals surface area contributed by atoms with Crippen LogP contribution in [0, 0.1) is 0 Å². The van der Waals surface area contributed by atoms with Crippen molar-refractivity contribution < 1.29 is 14.4 Å². The second-order valence-electron chi connectivity index (χ2n) is 16.7. The molecule has 410 valence electrons. The van der Waals surface area contributed by atoms with Crippen LogP contribution in [0.4, 0.5) is 5.95 Å². The molecule has 0 radical (unpaired) electrons. The SMILES string of the molecule is C.CCC(=O)Cl.CCC(=O)n1nc(-c2cccnc2)nc1CCCc1ccccc1.CCN(CC)CC.Nc1n[nH]c(-c2cccnc2)n1.O=CCc1ccccc1.c1ccc(CCCc2nc(-c3cccnc3)n[nH]2)cc1. The fourth-order valence-corrected chi connectivity index (χ4v) is 6.99. The van der Waals surface area contributed by atoms with E-state index in [-0.39, 0.29) is 24.5 Å². The van der Waals surface area contributed by atoms with Crippen molar-refractivity contribution in [2.75, 3.05) is 25.4 Å². The van der Waals surface area contributed by atoms with Crippen LogP contribution >= 0.6 is 11.6 Å². The van der Waals surface area contributed by atoms with E-state index in [0.717, 1.165) is 72.3 Å². The van der Waals surface area contributed by atoms with Crippen LogP contribution in [0.2, 0.25) is 0 Å². The molecule has 0 aliphatic rings. The van der Waals surface area contributed by atoms with Crippen molar-refractivity contribution in [1.82, 2.24) is 65.0 Å². The molecular weight excluding hydrogens is 1000 g/mol. The number of hydrogen-bond acceptors (Lipinski definition) is 14. The number of H-pyrrole nitrogens is 2. The van der Waals surface area contributed by atoms with Crippen LogP contribution in [-0.2, 0) is 41.7 Å². The highest BCUT2D eigenvalue weighted by Gasteiger charge is 2.16. The van der Waals surface area contributed by atoms with Crippen LogP contribution < -0.4 is 5.73 Å². The molecule has 3 aromatic carbocycles. The average Bonchev–Trinajstić information content (AvgIpc) is 4.30. The van der Waals surface area contributed by atoms with Crippen molar-refractivity contribution in [2.24, 2.45) is 0 Å². The van der Waals surface area contributed by atoms with Gasteiger partial charge in [0.25, 0.3) is 0 Å². The summed E-state index contributed by atoms with van der Waals surface area (Å²) in [6, 6.07) is 41.8. The number of hydrogen-bond donors (Lipinski definition) is 3. The van der Waals surface area contributed by atoms with Crippen LogP contribution in [0.5, 0.6) is 0 Å². The second kappa shape index (κ2) is 38.2. The fraction of sp³-hybridized carbons (Fsp3) is 0.300. The lowest BCUT2D eigenvalue weighted by Crippen LogP contribution is -2.21. The van der Waals surface area contributed by atoms with E-state index in [9.17, 15) is 14.4 Å². The first kappa shape index (κ1) is 63.9. The number of nitrogens with two attached hydrogens (primary N) is 1. The minimum atomic E-state index is -0.273. The van der Waals surface area contributed by atoms with Gasteiger partial charge in [0.05, 0.1) is 0 Å². The minimum absolute atomic E-state index is 0. The molecule has 0 saturated heterocycles. The molecule has 9 rings (SSSR count). The molecule has 17 nitrogen and oxygen atoms in total. The Labute approximate surface area is 464 Å². The van der Waals surface area contributed by atoms with Crippen molar-refractivity contribution in [3.05, 3.63) is 193 Å². The number of aromatic amines is 2. The molecule has 0 aliphatic heterocycles. The summed E-state index contributed by atoms with van der Waals surface area (Å²) in [5.41, 5.74) is 11.7. The third kappa shape index (κ3) is 24.5. The Bertz CT molecular complexity index is 2950. The van der Waals surface area contributed by atoms with Gasteiger partial charge in [-0.05, 0) is 110 Å². The Balaban J connectivity index is 0.000000265. The van der Waals surface area contributed by atoms with Gasteiger partial charge in [0.2, 0.25) is 17.1 Å². The quantitative estimate of drug-likeness (QED) is 0.0536. The highest BCUT2D eigenvalue weighted by atomic mass is 35.5. The van der Waals surface area contributed by atoms with Crippen LogP contribution in [0.25, 0.3) is 34.2 Å². The van der Waals surface area contributed by atoms with Gasteiger partial charge < -0.3 is 15.4 Å². The van der Waals surface area contributed by atoms with E-state index < -0.39 is 0 Å². The Kier molecular flexibility index (Phi) is 31.3. The number of nitrogen functional groups attached to an aromatic ring is 1. The summed E-state index contributed by atoms with van der Waals surface area (Å²) in [4.78, 5) is 59.2. The Morgan fingerprint density at radius 1 is 0.577 bits per heavy atom. The molecule has 78 heavy (non-hydrogen) atoms. The normalized spacial score (nSPS) is 9.99. The van der Waals surface area contributed by atoms with Gasteiger partial charge in [-0.15, -0.1) is 10.2 Å². The molecule has 18 heteroatoms. The van der Waals surface area contributed by atoms with Crippen molar-refractivity contribution in [3.63, 3.8) is 0 Å². The van der Waals surface area contributed by atoms with Crippen molar-refractivity contribution >= 4 is 35.0 Å². The predicted molar refractivity (Wildman–Crippen MR) is 312 cm³/mol. The van der Waals surface area contributed by atoms with Crippen LogP contribution in [0.1, 0.15) is 101 Å². The van der Waals surface area contributed by atoms with E-state index in [1.165, 1.54) is 35.4 Å². The van der Waals surface area contributed by atoms with Gasteiger partial charge in [-0.3, -0.25) is 34.7 Å². The number of carbonyl (C=O) groups is 3. The second-order valence-corrected chi connectivity index (χ2v) is 17.2. The molecule has 6 aromatic heterocycles. The number of nitrogens with one attached hydrogen (secondary N) is 2. The molecular formula is C60H75ClN14O3. The molecule has 0 aliphatic carbocycles. The molecule has 0 spiro atoms. The molecule has 0 amide bonds. The minimum Gasteiger partial charge on any atom is -0.366 e. The zero-order chi connectivity index (χ0) is 55.3.